The second-order valence-corrected chi connectivity index (χ2v) is 9.78. The topological polar surface area (TPSA) is 122 Å². The molecule has 0 saturated carbocycles. The lowest BCUT2D eigenvalue weighted by Crippen LogP contribution is -2.37. The van der Waals surface area contributed by atoms with Gasteiger partial charge < -0.3 is 19.9 Å². The van der Waals surface area contributed by atoms with Crippen LogP contribution in [0.2, 0.25) is 0 Å². The molecule has 3 heterocycles. The van der Waals surface area contributed by atoms with Gasteiger partial charge in [0, 0.05) is 6.42 Å². The first kappa shape index (κ1) is 22.4. The molecule has 160 valence electrons. The Morgan fingerprint density at radius 1 is 1.34 bits per heavy atom. The lowest BCUT2D eigenvalue weighted by Gasteiger charge is -2.24. The van der Waals surface area contributed by atoms with E-state index in [4.69, 9.17) is 21.5 Å². The van der Waals surface area contributed by atoms with Gasteiger partial charge in [-0.25, -0.2) is 9.97 Å². The number of nitrogens with one attached hydrogen (secondary N) is 1. The van der Waals surface area contributed by atoms with Gasteiger partial charge in [-0.2, -0.15) is 0 Å². The lowest BCUT2D eigenvalue weighted by atomic mass is 9.97. The molecule has 0 spiro atoms. The van der Waals surface area contributed by atoms with Crippen LogP contribution >= 0.6 is 20.2 Å². The average Bonchev–Trinajstić information content (AvgIpc) is 3.19. The highest BCUT2D eigenvalue weighted by molar-refractivity contribution is 7.71. The maximum atomic E-state index is 12.5. The summed E-state index contributed by atoms with van der Waals surface area (Å²) < 4.78 is 26.3. The van der Waals surface area contributed by atoms with E-state index in [-0.39, 0.29) is 12.1 Å². The van der Waals surface area contributed by atoms with Gasteiger partial charge in [0.05, 0.1) is 18.8 Å². The van der Waals surface area contributed by atoms with Crippen LogP contribution in [0.3, 0.4) is 0 Å². The summed E-state index contributed by atoms with van der Waals surface area (Å²) in [7, 11) is -1.84. The smallest absolute Gasteiger partial charge is 0.388 e. The molecule has 0 bridgehead atoms. The number of H-pyrrole nitrogens is 1. The van der Waals surface area contributed by atoms with Gasteiger partial charge in [0.25, 0.3) is 0 Å². The minimum atomic E-state index is -1.84. The van der Waals surface area contributed by atoms with Crippen LogP contribution in [0.25, 0.3) is 11.2 Å². The third-order valence-electron chi connectivity index (χ3n) is 5.26. The molecule has 3 N–H and O–H groups in total. The van der Waals surface area contributed by atoms with Gasteiger partial charge in [0.1, 0.15) is 29.0 Å². The Morgan fingerprint density at radius 2 is 2.03 bits per heavy atom. The Balaban J connectivity index is 1.76. The molecule has 1 saturated heterocycles. The second kappa shape index (κ2) is 8.83. The highest BCUT2D eigenvalue weighted by atomic mass is 32.1. The fourth-order valence-electron chi connectivity index (χ4n) is 3.62. The average molecular weight is 443 g/mol. The number of ether oxygens (including phenoxy) is 1. The summed E-state index contributed by atoms with van der Waals surface area (Å²) in [6, 6.07) is 0. The maximum absolute atomic E-state index is 12.5. The fourth-order valence-corrected chi connectivity index (χ4v) is 5.13. The molecule has 29 heavy (non-hydrogen) atoms. The first-order chi connectivity index (χ1) is 13.7. The highest BCUT2D eigenvalue weighted by Gasteiger charge is 2.48. The van der Waals surface area contributed by atoms with Crippen LogP contribution < -0.4 is 0 Å². The number of aliphatic hydroxyl groups excluding tert-OH is 2. The molecule has 2 aromatic rings. The highest BCUT2D eigenvalue weighted by Crippen LogP contribution is 2.42. The lowest BCUT2D eigenvalue weighted by molar-refractivity contribution is -0.0579. The molecule has 2 aromatic heterocycles. The molecule has 0 radical (unpaired) electrons. The summed E-state index contributed by atoms with van der Waals surface area (Å²) in [5.41, 5.74) is 0.235. The molecule has 3 unspecified atom stereocenters. The molecule has 1 aliphatic heterocycles. The quantitative estimate of drug-likeness (QED) is 0.420. The summed E-state index contributed by atoms with van der Waals surface area (Å²) in [4.78, 5) is 11.2. The predicted octanol–water partition coefficient (Wildman–Crippen LogP) is 3.22. The van der Waals surface area contributed by atoms with Crippen molar-refractivity contribution in [3.63, 3.8) is 0 Å². The van der Waals surface area contributed by atoms with Gasteiger partial charge in [-0.3, -0.25) is 4.57 Å². The number of imidazole rings is 1. The van der Waals surface area contributed by atoms with Crippen molar-refractivity contribution in [3.8, 4) is 0 Å². The van der Waals surface area contributed by atoms with E-state index in [1.54, 1.807) is 4.57 Å². The molecule has 0 amide bonds. The molecular weight excluding hydrogens is 415 g/mol. The molecule has 1 fully saturated rings. The third-order valence-corrected chi connectivity index (χ3v) is 7.56. The van der Waals surface area contributed by atoms with Gasteiger partial charge in [0.2, 0.25) is 0 Å². The number of hydrogen-bond acceptors (Lipinski definition) is 8. The summed E-state index contributed by atoms with van der Waals surface area (Å²) in [6.07, 6.45) is 0.912. The van der Waals surface area contributed by atoms with E-state index in [9.17, 15) is 14.8 Å². The molecule has 1 aliphatic rings. The van der Waals surface area contributed by atoms with E-state index in [1.165, 1.54) is 12.7 Å². The van der Waals surface area contributed by atoms with Crippen LogP contribution in [-0.2, 0) is 13.8 Å². The molecule has 0 aromatic carbocycles. The molecular formula is C18H28N4O5PS+. The Bertz CT molecular complexity index is 928. The Labute approximate surface area is 175 Å². The number of nitrogens with zero attached hydrogens (tertiary/aromatic N) is 3. The fraction of sp³-hybridized carbons (Fsp3) is 0.722. The monoisotopic (exact) mass is 443 g/mol. The van der Waals surface area contributed by atoms with Gasteiger partial charge in [-0.05, 0) is 31.3 Å². The van der Waals surface area contributed by atoms with E-state index in [0.29, 0.717) is 15.8 Å². The van der Waals surface area contributed by atoms with Crippen LogP contribution in [0.15, 0.2) is 12.7 Å². The van der Waals surface area contributed by atoms with E-state index in [2.05, 4.69) is 15.0 Å². The minimum absolute atomic E-state index is 0.00826. The van der Waals surface area contributed by atoms with Crippen LogP contribution in [0.4, 0.5) is 0 Å². The van der Waals surface area contributed by atoms with Crippen molar-refractivity contribution in [2.24, 2.45) is 0 Å². The zero-order valence-electron chi connectivity index (χ0n) is 17.0. The molecule has 5 atom stereocenters. The van der Waals surface area contributed by atoms with E-state index >= 15 is 0 Å². The van der Waals surface area contributed by atoms with E-state index in [1.807, 2.05) is 27.7 Å². The van der Waals surface area contributed by atoms with Crippen molar-refractivity contribution in [3.05, 3.63) is 17.3 Å². The summed E-state index contributed by atoms with van der Waals surface area (Å²) in [5, 5.41) is 21.2. The molecule has 3 rings (SSSR count). The number of aliphatic hydroxyl groups is 2. The SMILES string of the molecule is CCC(CC)[P+](=O)OC(C)(C)C[C@H]1OC(n2cnc3c(=S)nc[nH]c32)[C@H](O)C1O. The molecule has 0 aliphatic carbocycles. The number of aromatic amines is 1. The second-order valence-electron chi connectivity index (χ2n) is 7.91. The summed E-state index contributed by atoms with van der Waals surface area (Å²) in [5.74, 6) is 0. The Morgan fingerprint density at radius 3 is 2.69 bits per heavy atom. The summed E-state index contributed by atoms with van der Waals surface area (Å²) in [6.45, 7) is 7.60. The van der Waals surface area contributed by atoms with Crippen LogP contribution in [0, 0.1) is 4.64 Å². The van der Waals surface area contributed by atoms with E-state index in [0.717, 1.165) is 12.8 Å². The zero-order chi connectivity index (χ0) is 21.3. The van der Waals surface area contributed by atoms with Crippen molar-refractivity contribution >= 4 is 31.4 Å². The van der Waals surface area contributed by atoms with Crippen molar-refractivity contribution in [1.82, 2.24) is 19.5 Å². The van der Waals surface area contributed by atoms with Crippen LogP contribution in [0.1, 0.15) is 53.2 Å². The van der Waals surface area contributed by atoms with Crippen LogP contribution in [0.5, 0.6) is 0 Å². The van der Waals surface area contributed by atoms with Crippen molar-refractivity contribution < 1.29 is 24.0 Å². The Hall–Kier alpha value is -1.29. The first-order valence-corrected chi connectivity index (χ1v) is 11.4. The largest absolute Gasteiger partial charge is 0.511 e. The summed E-state index contributed by atoms with van der Waals surface area (Å²) >= 11 is 5.17. The number of aromatic nitrogens is 4. The number of hydrogen-bond donors (Lipinski definition) is 3. The van der Waals surface area contributed by atoms with Gasteiger partial charge in [-0.1, -0.05) is 26.1 Å². The standard InChI is InChI=1S/C18H27N4O5PS/c1-5-10(6-2)28(25)27-18(3,4)7-11-13(23)14(24)17(26-11)22-9-21-12-15(22)19-8-20-16(12)29/h8-11,13-14,17,23-24H,5-7H2,1-4H3/p+1/t11-,13?,14-,17?/m1/s1. The normalized spacial score (nSPS) is 25.8. The van der Waals surface area contributed by atoms with Crippen molar-refractivity contribution in [2.45, 2.75) is 82.8 Å². The molecule has 11 heteroatoms. The third kappa shape index (κ3) is 4.57. The van der Waals surface area contributed by atoms with Gasteiger partial charge in [-0.15, -0.1) is 4.52 Å². The predicted molar refractivity (Wildman–Crippen MR) is 110 cm³/mol. The van der Waals surface area contributed by atoms with E-state index < -0.39 is 38.2 Å². The van der Waals surface area contributed by atoms with Crippen molar-refractivity contribution in [1.29, 1.82) is 0 Å². The van der Waals surface area contributed by atoms with Gasteiger partial charge >= 0.3 is 8.03 Å². The first-order valence-electron chi connectivity index (χ1n) is 9.75. The van der Waals surface area contributed by atoms with Crippen molar-refractivity contribution in [2.75, 3.05) is 0 Å². The number of fused-ring (bicyclic) bond motifs is 1. The van der Waals surface area contributed by atoms with Crippen LogP contribution in [-0.4, -0.2) is 59.3 Å². The maximum Gasteiger partial charge on any atom is 0.511 e. The molecule has 9 nitrogen and oxygen atoms in total. The minimum Gasteiger partial charge on any atom is -0.388 e. The van der Waals surface area contributed by atoms with Gasteiger partial charge in [0.15, 0.2) is 16.5 Å². The zero-order valence-corrected chi connectivity index (χ0v) is 18.7. The Kier molecular flexibility index (Phi) is 6.82. The number of rotatable bonds is 8.